The number of likely N-dealkylation sites (tertiary alicyclic amines) is 1. The largest absolute Gasteiger partial charge is 0.464 e. The van der Waals surface area contributed by atoms with E-state index in [0.717, 1.165) is 22.0 Å². The molecule has 1 saturated heterocycles. The summed E-state index contributed by atoms with van der Waals surface area (Å²) in [6, 6.07) is 15.8. The Morgan fingerprint density at radius 2 is 1.69 bits per heavy atom. The van der Waals surface area contributed by atoms with Gasteiger partial charge in [-0.05, 0) is 55.5 Å². The number of likely N-dealkylation sites (N-methyl/N-ethyl adjacent to an activating group) is 1. The summed E-state index contributed by atoms with van der Waals surface area (Å²) in [5, 5.41) is 2.89. The summed E-state index contributed by atoms with van der Waals surface area (Å²) in [6.07, 6.45) is 3.09. The van der Waals surface area contributed by atoms with Crippen molar-refractivity contribution in [3.63, 3.8) is 0 Å². The van der Waals surface area contributed by atoms with Gasteiger partial charge < -0.3 is 15.0 Å². The van der Waals surface area contributed by atoms with Crippen LogP contribution < -0.4 is 5.32 Å². The Kier molecular flexibility index (Phi) is 10.0. The van der Waals surface area contributed by atoms with E-state index in [2.05, 4.69) is 28.2 Å². The molecular formula is C28H35BrN2O4. The van der Waals surface area contributed by atoms with Crippen LogP contribution in [-0.2, 0) is 38.4 Å². The lowest BCUT2D eigenvalue weighted by Crippen LogP contribution is -2.50. The van der Waals surface area contributed by atoms with E-state index in [0.29, 0.717) is 38.8 Å². The van der Waals surface area contributed by atoms with E-state index in [9.17, 15) is 14.4 Å². The van der Waals surface area contributed by atoms with Crippen molar-refractivity contribution in [3.05, 3.63) is 69.7 Å². The van der Waals surface area contributed by atoms with E-state index < -0.39 is 5.41 Å². The van der Waals surface area contributed by atoms with Gasteiger partial charge in [-0.3, -0.25) is 14.4 Å². The molecule has 1 heterocycles. The first-order chi connectivity index (χ1) is 16.9. The van der Waals surface area contributed by atoms with Gasteiger partial charge in [0.15, 0.2) is 0 Å². The van der Waals surface area contributed by atoms with Gasteiger partial charge >= 0.3 is 5.97 Å². The van der Waals surface area contributed by atoms with E-state index in [1.165, 1.54) is 5.56 Å². The zero-order chi connectivity index (χ0) is 25.3. The molecule has 2 aromatic rings. The molecule has 0 saturated carbocycles. The lowest BCUT2D eigenvalue weighted by Gasteiger charge is -2.40. The maximum atomic E-state index is 13.5. The predicted molar refractivity (Wildman–Crippen MR) is 140 cm³/mol. The van der Waals surface area contributed by atoms with E-state index in [1.54, 1.807) is 11.9 Å². The predicted octanol–water partition coefficient (Wildman–Crippen LogP) is 4.13. The zero-order valence-corrected chi connectivity index (χ0v) is 22.2. The number of nitrogens with zero attached hydrogens (tertiary/aromatic N) is 1. The Hall–Kier alpha value is -2.51. The van der Waals surface area contributed by atoms with Crippen molar-refractivity contribution in [3.8, 4) is 0 Å². The molecule has 0 atom stereocenters. The molecule has 0 spiro atoms. The Balaban J connectivity index is 1.66. The van der Waals surface area contributed by atoms with Crippen LogP contribution in [0.4, 0.5) is 0 Å². The normalized spacial score (nSPS) is 15.0. The molecule has 1 N–H and O–H groups in total. The minimum atomic E-state index is -0.764. The average molecular weight is 544 g/mol. The van der Waals surface area contributed by atoms with Crippen molar-refractivity contribution >= 4 is 33.6 Å². The first kappa shape index (κ1) is 27.1. The number of ether oxygens (including phenoxy) is 1. The van der Waals surface area contributed by atoms with Gasteiger partial charge in [0.05, 0.1) is 18.4 Å². The fourth-order valence-electron chi connectivity index (χ4n) is 4.49. The number of halogens is 1. The summed E-state index contributed by atoms with van der Waals surface area (Å²) >= 11 is 3.55. The van der Waals surface area contributed by atoms with Crippen LogP contribution in [0.3, 0.4) is 0 Å². The van der Waals surface area contributed by atoms with Crippen molar-refractivity contribution in [1.29, 1.82) is 0 Å². The second-order valence-corrected chi connectivity index (χ2v) is 10.1. The molecule has 188 valence electrons. The fraction of sp³-hybridized carbons (Fsp3) is 0.464. The van der Waals surface area contributed by atoms with E-state index in [4.69, 9.17) is 4.74 Å². The first-order valence-electron chi connectivity index (χ1n) is 12.3. The third kappa shape index (κ3) is 7.48. The van der Waals surface area contributed by atoms with E-state index in [1.807, 2.05) is 48.5 Å². The summed E-state index contributed by atoms with van der Waals surface area (Å²) in [4.78, 5) is 40.3. The molecule has 0 bridgehead atoms. The minimum absolute atomic E-state index is 0.0225. The van der Waals surface area contributed by atoms with Crippen LogP contribution >= 0.6 is 15.9 Å². The Morgan fingerprint density at radius 1 is 1.03 bits per heavy atom. The highest BCUT2D eigenvalue weighted by atomic mass is 79.9. The third-order valence-electron chi connectivity index (χ3n) is 6.86. The number of hydrogen-bond donors (Lipinski definition) is 1. The van der Waals surface area contributed by atoms with Crippen LogP contribution in [0.15, 0.2) is 53.0 Å². The molecule has 1 fully saturated rings. The number of ketones is 1. The first-order valence-corrected chi connectivity index (χ1v) is 13.1. The molecule has 1 aliphatic rings. The lowest BCUT2D eigenvalue weighted by molar-refractivity contribution is -0.154. The van der Waals surface area contributed by atoms with Crippen LogP contribution in [-0.4, -0.2) is 55.8 Å². The van der Waals surface area contributed by atoms with Crippen LogP contribution in [0.5, 0.6) is 0 Å². The van der Waals surface area contributed by atoms with Gasteiger partial charge in [0.1, 0.15) is 12.4 Å². The summed E-state index contributed by atoms with van der Waals surface area (Å²) in [5.74, 6) is -0.218. The molecule has 1 amide bonds. The highest BCUT2D eigenvalue weighted by Crippen LogP contribution is 2.35. The van der Waals surface area contributed by atoms with Gasteiger partial charge in [0, 0.05) is 24.0 Å². The molecule has 7 heteroatoms. The van der Waals surface area contributed by atoms with Crippen LogP contribution in [0.25, 0.3) is 0 Å². The summed E-state index contributed by atoms with van der Waals surface area (Å²) in [7, 11) is 1.74. The molecule has 2 aromatic carbocycles. The molecule has 3 rings (SSSR count). The monoisotopic (exact) mass is 542 g/mol. The lowest BCUT2D eigenvalue weighted by atomic mass is 9.73. The number of carbonyl (C=O) groups excluding carboxylic acids is 3. The Bertz CT molecular complexity index is 1010. The number of nitrogens with one attached hydrogen (secondary N) is 1. The van der Waals surface area contributed by atoms with Crippen LogP contribution in [0.1, 0.15) is 42.9 Å². The van der Waals surface area contributed by atoms with Crippen molar-refractivity contribution < 1.29 is 19.1 Å². The average Bonchev–Trinajstić information content (AvgIpc) is 2.87. The van der Waals surface area contributed by atoms with Gasteiger partial charge in [0.2, 0.25) is 5.91 Å². The van der Waals surface area contributed by atoms with Gasteiger partial charge in [-0.15, -0.1) is 0 Å². The number of carbonyl (C=O) groups is 3. The molecule has 6 nitrogen and oxygen atoms in total. The molecule has 0 unspecified atom stereocenters. The second-order valence-electron chi connectivity index (χ2n) is 9.21. The highest BCUT2D eigenvalue weighted by molar-refractivity contribution is 9.10. The maximum Gasteiger partial charge on any atom is 0.310 e. The molecule has 0 aromatic heterocycles. The van der Waals surface area contributed by atoms with Gasteiger partial charge in [-0.2, -0.15) is 0 Å². The number of Topliss-reactive ketones (excluding diaryl/α,β-unsaturated/α-hetero) is 1. The maximum absolute atomic E-state index is 13.5. The standard InChI is InChI=1S/C28H35BrN2O4/c1-3-21-8-10-22(11-9-21)18-27(34)35-20-28(14-16-31(17-15-28)26(33)19-30-2)25(32)13-12-23-6-4-5-7-24(23)29/h4-11,30H,3,12-20H2,1-2H3. The summed E-state index contributed by atoms with van der Waals surface area (Å²) in [5.41, 5.74) is 2.43. The number of esters is 1. The molecular weight excluding hydrogens is 508 g/mol. The molecule has 1 aliphatic heterocycles. The molecule has 35 heavy (non-hydrogen) atoms. The van der Waals surface area contributed by atoms with Gasteiger partial charge in [-0.25, -0.2) is 0 Å². The van der Waals surface area contributed by atoms with Crippen molar-refractivity contribution in [1.82, 2.24) is 10.2 Å². The Morgan fingerprint density at radius 3 is 2.31 bits per heavy atom. The van der Waals surface area contributed by atoms with Gasteiger partial charge in [0.25, 0.3) is 0 Å². The minimum Gasteiger partial charge on any atom is -0.464 e. The molecule has 0 aliphatic carbocycles. The number of aryl methyl sites for hydroxylation is 2. The van der Waals surface area contributed by atoms with Crippen LogP contribution in [0.2, 0.25) is 0 Å². The van der Waals surface area contributed by atoms with Crippen molar-refractivity contribution in [2.45, 2.75) is 45.4 Å². The SMILES string of the molecule is CCc1ccc(CC(=O)OCC2(C(=O)CCc3ccccc3Br)CCN(C(=O)CNC)CC2)cc1. The highest BCUT2D eigenvalue weighted by Gasteiger charge is 2.42. The third-order valence-corrected chi connectivity index (χ3v) is 7.63. The van der Waals surface area contributed by atoms with Crippen molar-refractivity contribution in [2.24, 2.45) is 5.41 Å². The topological polar surface area (TPSA) is 75.7 Å². The summed E-state index contributed by atoms with van der Waals surface area (Å²) in [6.45, 7) is 3.39. The van der Waals surface area contributed by atoms with E-state index in [-0.39, 0.29) is 37.2 Å². The number of amides is 1. The van der Waals surface area contributed by atoms with Crippen LogP contribution in [0, 0.1) is 5.41 Å². The number of benzene rings is 2. The smallest absolute Gasteiger partial charge is 0.310 e. The number of hydrogen-bond acceptors (Lipinski definition) is 5. The van der Waals surface area contributed by atoms with E-state index >= 15 is 0 Å². The summed E-state index contributed by atoms with van der Waals surface area (Å²) < 4.78 is 6.68. The molecule has 0 radical (unpaired) electrons. The van der Waals surface area contributed by atoms with Crippen molar-refractivity contribution in [2.75, 3.05) is 33.3 Å². The Labute approximate surface area is 216 Å². The number of piperidine rings is 1. The quantitative estimate of drug-likeness (QED) is 0.432. The number of rotatable bonds is 11. The fourth-order valence-corrected chi connectivity index (χ4v) is 4.98. The second kappa shape index (κ2) is 13.0. The zero-order valence-electron chi connectivity index (χ0n) is 20.6. The van der Waals surface area contributed by atoms with Gasteiger partial charge in [-0.1, -0.05) is 65.3 Å².